The van der Waals surface area contributed by atoms with E-state index in [9.17, 15) is 15.0 Å². The van der Waals surface area contributed by atoms with Gasteiger partial charge >= 0.3 is 6.09 Å². The molecule has 6 nitrogen and oxygen atoms in total. The summed E-state index contributed by atoms with van der Waals surface area (Å²) in [6.07, 6.45) is -2.36. The lowest BCUT2D eigenvalue weighted by atomic mass is 10.00. The van der Waals surface area contributed by atoms with E-state index in [2.05, 4.69) is 0 Å². The van der Waals surface area contributed by atoms with Gasteiger partial charge in [0.2, 0.25) is 0 Å². The molecule has 1 amide bonds. The summed E-state index contributed by atoms with van der Waals surface area (Å²) in [4.78, 5) is 13.1. The number of carbonyl (C=O) groups is 1. The number of rotatable bonds is 2. The molecule has 3 N–H and O–H groups in total. The SMILES string of the molecule is CC(C)(C)OC(=O)N1CC(O)[C@@H](C(O)CO)C1. The molecule has 100 valence electrons. The van der Waals surface area contributed by atoms with Gasteiger partial charge in [0, 0.05) is 12.5 Å². The molecule has 0 aromatic rings. The highest BCUT2D eigenvalue weighted by atomic mass is 16.6. The summed E-state index contributed by atoms with van der Waals surface area (Å²) >= 11 is 0. The second kappa shape index (κ2) is 5.20. The van der Waals surface area contributed by atoms with E-state index in [0.29, 0.717) is 0 Å². The summed E-state index contributed by atoms with van der Waals surface area (Å²) in [5, 5.41) is 28.0. The van der Waals surface area contributed by atoms with Crippen molar-refractivity contribution >= 4 is 6.09 Å². The molecule has 1 heterocycles. The lowest BCUT2D eigenvalue weighted by Crippen LogP contribution is -2.36. The van der Waals surface area contributed by atoms with Gasteiger partial charge in [0.15, 0.2) is 0 Å². The summed E-state index contributed by atoms with van der Waals surface area (Å²) in [6, 6.07) is 0. The van der Waals surface area contributed by atoms with Crippen LogP contribution in [0.1, 0.15) is 20.8 Å². The molecule has 3 atom stereocenters. The number of carbonyl (C=O) groups excluding carboxylic acids is 1. The van der Waals surface area contributed by atoms with Crippen LogP contribution in [-0.4, -0.2) is 63.8 Å². The third-order valence-electron chi connectivity index (χ3n) is 2.67. The van der Waals surface area contributed by atoms with Gasteiger partial charge in [0.1, 0.15) is 5.60 Å². The fraction of sp³-hybridized carbons (Fsp3) is 0.909. The molecule has 17 heavy (non-hydrogen) atoms. The Kier molecular flexibility index (Phi) is 4.35. The Morgan fingerprint density at radius 2 is 2.06 bits per heavy atom. The average Bonchev–Trinajstić information content (AvgIpc) is 2.57. The number of β-amino-alcohol motifs (C(OH)–C–C–N with tert-alkyl or cyclic N) is 1. The smallest absolute Gasteiger partial charge is 0.410 e. The molecule has 1 aliphatic rings. The van der Waals surface area contributed by atoms with Crippen LogP contribution in [0.15, 0.2) is 0 Å². The molecule has 2 unspecified atom stereocenters. The van der Waals surface area contributed by atoms with Gasteiger partial charge in [-0.3, -0.25) is 0 Å². The Morgan fingerprint density at radius 3 is 2.53 bits per heavy atom. The van der Waals surface area contributed by atoms with Crippen LogP contribution < -0.4 is 0 Å². The van der Waals surface area contributed by atoms with E-state index < -0.39 is 36.4 Å². The number of likely N-dealkylation sites (tertiary alicyclic amines) is 1. The molecule has 0 spiro atoms. The lowest BCUT2D eigenvalue weighted by Gasteiger charge is -2.24. The van der Waals surface area contributed by atoms with Gasteiger partial charge in [-0.2, -0.15) is 0 Å². The minimum atomic E-state index is -1.02. The van der Waals surface area contributed by atoms with E-state index in [4.69, 9.17) is 9.84 Å². The van der Waals surface area contributed by atoms with E-state index in [1.165, 1.54) is 4.90 Å². The number of nitrogens with zero attached hydrogens (tertiary/aromatic N) is 1. The highest BCUT2D eigenvalue weighted by Crippen LogP contribution is 2.22. The molecule has 1 saturated heterocycles. The Morgan fingerprint density at radius 1 is 1.47 bits per heavy atom. The maximum absolute atomic E-state index is 11.7. The summed E-state index contributed by atoms with van der Waals surface area (Å²) < 4.78 is 5.16. The van der Waals surface area contributed by atoms with Crippen molar-refractivity contribution in [2.24, 2.45) is 5.92 Å². The molecule has 0 bridgehead atoms. The first-order valence-corrected chi connectivity index (χ1v) is 5.69. The lowest BCUT2D eigenvalue weighted by molar-refractivity contribution is 0.00638. The first-order valence-electron chi connectivity index (χ1n) is 5.69. The number of amides is 1. The van der Waals surface area contributed by atoms with Crippen molar-refractivity contribution in [3.8, 4) is 0 Å². The van der Waals surface area contributed by atoms with Crippen LogP contribution in [-0.2, 0) is 4.74 Å². The van der Waals surface area contributed by atoms with E-state index in [-0.39, 0.29) is 13.1 Å². The normalized spacial score (nSPS) is 27.1. The minimum Gasteiger partial charge on any atom is -0.444 e. The zero-order chi connectivity index (χ0) is 13.2. The average molecular weight is 247 g/mol. The monoisotopic (exact) mass is 247 g/mol. The number of hydrogen-bond acceptors (Lipinski definition) is 5. The minimum absolute atomic E-state index is 0.122. The van der Waals surface area contributed by atoms with Crippen LogP contribution >= 0.6 is 0 Å². The number of hydrogen-bond donors (Lipinski definition) is 3. The number of aliphatic hydroxyl groups is 3. The Bertz CT molecular complexity index is 276. The fourth-order valence-electron chi connectivity index (χ4n) is 1.80. The van der Waals surface area contributed by atoms with Gasteiger partial charge in [-0.1, -0.05) is 0 Å². The summed E-state index contributed by atoms with van der Waals surface area (Å²) in [5.74, 6) is -0.521. The Balaban J connectivity index is 2.57. The molecule has 0 aromatic heterocycles. The van der Waals surface area contributed by atoms with E-state index in [1.54, 1.807) is 20.8 Å². The van der Waals surface area contributed by atoms with Gasteiger partial charge in [0.25, 0.3) is 0 Å². The van der Waals surface area contributed by atoms with Crippen LogP contribution in [0.3, 0.4) is 0 Å². The molecule has 1 fully saturated rings. The fourth-order valence-corrected chi connectivity index (χ4v) is 1.80. The summed E-state index contributed by atoms with van der Waals surface area (Å²) in [6.45, 7) is 5.17. The van der Waals surface area contributed by atoms with Gasteiger partial charge in [0.05, 0.1) is 25.4 Å². The van der Waals surface area contributed by atoms with Crippen LogP contribution in [0.4, 0.5) is 4.79 Å². The first-order chi connectivity index (χ1) is 7.74. The quantitative estimate of drug-likeness (QED) is 0.616. The maximum atomic E-state index is 11.7. The predicted molar refractivity (Wildman–Crippen MR) is 60.4 cm³/mol. The standard InChI is InChI=1S/C11H21NO5/c1-11(2,3)17-10(16)12-4-7(8(14)5-12)9(15)6-13/h7-9,13-15H,4-6H2,1-3H3/t7-,8?,9?/m0/s1. The molecule has 0 radical (unpaired) electrons. The molecule has 6 heteroatoms. The first kappa shape index (κ1) is 14.2. The van der Waals surface area contributed by atoms with Gasteiger partial charge in [-0.15, -0.1) is 0 Å². The highest BCUT2D eigenvalue weighted by Gasteiger charge is 2.39. The molecule has 0 aromatic carbocycles. The molecular weight excluding hydrogens is 226 g/mol. The van der Waals surface area contributed by atoms with Crippen LogP contribution in [0.5, 0.6) is 0 Å². The van der Waals surface area contributed by atoms with Crippen LogP contribution in [0, 0.1) is 5.92 Å². The van der Waals surface area contributed by atoms with Gasteiger partial charge in [-0.25, -0.2) is 4.79 Å². The highest BCUT2D eigenvalue weighted by molar-refractivity contribution is 5.68. The van der Waals surface area contributed by atoms with E-state index >= 15 is 0 Å². The van der Waals surface area contributed by atoms with Crippen LogP contribution in [0.25, 0.3) is 0 Å². The molecule has 1 rings (SSSR count). The van der Waals surface area contributed by atoms with Crippen molar-refractivity contribution in [1.82, 2.24) is 4.90 Å². The zero-order valence-corrected chi connectivity index (χ0v) is 10.5. The molecule has 0 aliphatic carbocycles. The van der Waals surface area contributed by atoms with Gasteiger partial charge in [-0.05, 0) is 20.8 Å². The van der Waals surface area contributed by atoms with Crippen molar-refractivity contribution in [2.75, 3.05) is 19.7 Å². The van der Waals surface area contributed by atoms with E-state index in [1.807, 2.05) is 0 Å². The third kappa shape index (κ3) is 3.83. The Labute approximate surface area is 101 Å². The zero-order valence-electron chi connectivity index (χ0n) is 10.5. The van der Waals surface area contributed by atoms with Crippen molar-refractivity contribution < 1.29 is 24.9 Å². The predicted octanol–water partition coefficient (Wildman–Crippen LogP) is -0.433. The summed E-state index contributed by atoms with van der Waals surface area (Å²) in [7, 11) is 0. The molecule has 1 aliphatic heterocycles. The second-order valence-corrected chi connectivity index (χ2v) is 5.37. The van der Waals surface area contributed by atoms with Gasteiger partial charge < -0.3 is 25.0 Å². The topological polar surface area (TPSA) is 90.2 Å². The largest absolute Gasteiger partial charge is 0.444 e. The van der Waals surface area contributed by atoms with Crippen LogP contribution in [0.2, 0.25) is 0 Å². The van der Waals surface area contributed by atoms with Crippen molar-refractivity contribution in [2.45, 2.75) is 38.6 Å². The second-order valence-electron chi connectivity index (χ2n) is 5.37. The van der Waals surface area contributed by atoms with Crippen molar-refractivity contribution in [1.29, 1.82) is 0 Å². The Hall–Kier alpha value is -0.850. The van der Waals surface area contributed by atoms with Crippen molar-refractivity contribution in [3.05, 3.63) is 0 Å². The summed E-state index contributed by atoms with van der Waals surface area (Å²) in [5.41, 5.74) is -0.588. The van der Waals surface area contributed by atoms with E-state index in [0.717, 1.165) is 0 Å². The maximum Gasteiger partial charge on any atom is 0.410 e. The van der Waals surface area contributed by atoms with Crippen molar-refractivity contribution in [3.63, 3.8) is 0 Å². The number of ether oxygens (including phenoxy) is 1. The molecule has 0 saturated carbocycles. The molecular formula is C11H21NO5. The number of aliphatic hydroxyl groups excluding tert-OH is 3. The third-order valence-corrected chi connectivity index (χ3v) is 2.67.